The number of rotatable bonds is 4. The summed E-state index contributed by atoms with van der Waals surface area (Å²) in [6.45, 7) is 1.89. The normalized spacial score (nSPS) is 28.7. The summed E-state index contributed by atoms with van der Waals surface area (Å²) in [4.78, 5) is 19.2. The van der Waals surface area contributed by atoms with Crippen molar-refractivity contribution in [3.8, 4) is 0 Å². The first-order chi connectivity index (χ1) is 11.2. The summed E-state index contributed by atoms with van der Waals surface area (Å²) >= 11 is 0. The molecule has 3 rings (SSSR count). The maximum atomic E-state index is 12.4. The minimum atomic E-state index is 0.110. The Kier molecular flexibility index (Phi) is 5.28. The Morgan fingerprint density at radius 1 is 1.30 bits per heavy atom. The average molecular weight is 316 g/mol. The Morgan fingerprint density at radius 3 is 2.65 bits per heavy atom. The van der Waals surface area contributed by atoms with Gasteiger partial charge >= 0.3 is 0 Å². The lowest BCUT2D eigenvalue weighted by atomic mass is 9.81. The van der Waals surface area contributed by atoms with Gasteiger partial charge in [0, 0.05) is 18.2 Å². The van der Waals surface area contributed by atoms with E-state index in [0.29, 0.717) is 17.8 Å². The van der Waals surface area contributed by atoms with Crippen LogP contribution in [0.2, 0.25) is 0 Å². The molecule has 1 atom stereocenters. The summed E-state index contributed by atoms with van der Waals surface area (Å²) in [5.74, 6) is 1.49. The predicted octanol–water partition coefficient (Wildman–Crippen LogP) is 2.55. The van der Waals surface area contributed by atoms with Crippen molar-refractivity contribution in [1.29, 1.82) is 0 Å². The number of hydrogen-bond acceptors (Lipinski definition) is 4. The van der Waals surface area contributed by atoms with Crippen LogP contribution in [0.4, 0.5) is 5.82 Å². The highest BCUT2D eigenvalue weighted by atomic mass is 16.1. The number of anilines is 1. The van der Waals surface area contributed by atoms with Gasteiger partial charge in [0.15, 0.2) is 0 Å². The van der Waals surface area contributed by atoms with Gasteiger partial charge in [-0.2, -0.15) is 0 Å². The van der Waals surface area contributed by atoms with Crippen LogP contribution in [0.1, 0.15) is 50.1 Å². The molecule has 0 bridgehead atoms. The zero-order valence-corrected chi connectivity index (χ0v) is 14.0. The summed E-state index contributed by atoms with van der Waals surface area (Å²) in [6.07, 6.45) is 8.36. The van der Waals surface area contributed by atoms with E-state index in [1.165, 1.54) is 18.4 Å². The summed E-state index contributed by atoms with van der Waals surface area (Å²) in [7, 11) is 2.16. The van der Waals surface area contributed by atoms with E-state index in [0.717, 1.165) is 38.8 Å². The molecule has 1 saturated heterocycles. The van der Waals surface area contributed by atoms with Crippen molar-refractivity contribution in [2.75, 3.05) is 25.5 Å². The molecule has 0 aromatic carbocycles. The molecule has 2 aliphatic rings. The maximum absolute atomic E-state index is 12.4. The van der Waals surface area contributed by atoms with Gasteiger partial charge in [0.25, 0.3) is 0 Å². The fourth-order valence-electron chi connectivity index (χ4n) is 3.90. The Morgan fingerprint density at radius 2 is 2.09 bits per heavy atom. The van der Waals surface area contributed by atoms with Crippen molar-refractivity contribution in [2.45, 2.75) is 44.6 Å². The van der Waals surface area contributed by atoms with Crippen LogP contribution in [-0.4, -0.2) is 35.9 Å². The number of carbonyl (C=O) groups excluding carboxylic acids is 1. The van der Waals surface area contributed by atoms with E-state index < -0.39 is 0 Å². The SMILES string of the molecule is CN1CCCC1c1ccc(NC(=O)[C@H]2CC[C@H](CN)CC2)nc1. The molecule has 1 aliphatic carbocycles. The van der Waals surface area contributed by atoms with Gasteiger partial charge in [-0.1, -0.05) is 6.07 Å². The smallest absolute Gasteiger partial charge is 0.228 e. The lowest BCUT2D eigenvalue weighted by Gasteiger charge is -2.26. The molecule has 0 spiro atoms. The Hall–Kier alpha value is -1.46. The van der Waals surface area contributed by atoms with Gasteiger partial charge in [-0.05, 0) is 76.2 Å². The Balaban J connectivity index is 1.55. The number of carbonyl (C=O) groups is 1. The minimum absolute atomic E-state index is 0.110. The number of aromatic nitrogens is 1. The van der Waals surface area contributed by atoms with E-state index in [2.05, 4.69) is 28.3 Å². The lowest BCUT2D eigenvalue weighted by Crippen LogP contribution is -2.29. The highest BCUT2D eigenvalue weighted by Gasteiger charge is 2.26. The number of hydrogen-bond donors (Lipinski definition) is 2. The summed E-state index contributed by atoms with van der Waals surface area (Å²) in [5.41, 5.74) is 6.95. The first kappa shape index (κ1) is 16.4. The van der Waals surface area contributed by atoms with Gasteiger partial charge in [0.05, 0.1) is 0 Å². The van der Waals surface area contributed by atoms with Crippen LogP contribution in [0.3, 0.4) is 0 Å². The zero-order valence-electron chi connectivity index (χ0n) is 14.0. The highest BCUT2D eigenvalue weighted by molar-refractivity contribution is 5.91. The van der Waals surface area contributed by atoms with Crippen LogP contribution in [-0.2, 0) is 4.79 Å². The van der Waals surface area contributed by atoms with Crippen molar-refractivity contribution in [3.63, 3.8) is 0 Å². The molecular weight excluding hydrogens is 288 g/mol. The number of amides is 1. The molecule has 2 fully saturated rings. The maximum Gasteiger partial charge on any atom is 0.228 e. The first-order valence-electron chi connectivity index (χ1n) is 8.84. The van der Waals surface area contributed by atoms with Gasteiger partial charge in [-0.3, -0.25) is 9.69 Å². The van der Waals surface area contributed by atoms with Crippen molar-refractivity contribution < 1.29 is 4.79 Å². The third-order valence-electron chi connectivity index (χ3n) is 5.49. The fourth-order valence-corrected chi connectivity index (χ4v) is 3.90. The number of nitrogens with zero attached hydrogens (tertiary/aromatic N) is 2. The molecule has 2 heterocycles. The second-order valence-electron chi connectivity index (χ2n) is 7.06. The fraction of sp³-hybridized carbons (Fsp3) is 0.667. The van der Waals surface area contributed by atoms with Crippen LogP contribution in [0.15, 0.2) is 18.3 Å². The van der Waals surface area contributed by atoms with E-state index in [1.54, 1.807) is 0 Å². The number of pyridine rings is 1. The van der Waals surface area contributed by atoms with Crippen LogP contribution in [0, 0.1) is 11.8 Å². The number of nitrogens with two attached hydrogens (primary N) is 1. The Bertz CT molecular complexity index is 522. The van der Waals surface area contributed by atoms with Crippen LogP contribution < -0.4 is 11.1 Å². The number of likely N-dealkylation sites (tertiary alicyclic amines) is 1. The Labute approximate surface area is 138 Å². The molecule has 5 heteroatoms. The van der Waals surface area contributed by atoms with E-state index in [-0.39, 0.29) is 11.8 Å². The largest absolute Gasteiger partial charge is 0.330 e. The van der Waals surface area contributed by atoms with Crippen molar-refractivity contribution in [3.05, 3.63) is 23.9 Å². The molecule has 5 nitrogen and oxygen atoms in total. The summed E-state index contributed by atoms with van der Waals surface area (Å²) in [5, 5.41) is 2.98. The third kappa shape index (κ3) is 3.90. The summed E-state index contributed by atoms with van der Waals surface area (Å²) < 4.78 is 0. The van der Waals surface area contributed by atoms with Crippen LogP contribution in [0.5, 0.6) is 0 Å². The predicted molar refractivity (Wildman–Crippen MR) is 92.0 cm³/mol. The van der Waals surface area contributed by atoms with Gasteiger partial charge in [-0.25, -0.2) is 4.98 Å². The highest BCUT2D eigenvalue weighted by Crippen LogP contribution is 2.31. The molecule has 0 radical (unpaired) electrons. The molecular formula is C18H28N4O. The van der Waals surface area contributed by atoms with Gasteiger partial charge in [0.1, 0.15) is 5.82 Å². The van der Waals surface area contributed by atoms with Crippen LogP contribution in [0.25, 0.3) is 0 Å². The van der Waals surface area contributed by atoms with Crippen molar-refractivity contribution in [1.82, 2.24) is 9.88 Å². The second kappa shape index (κ2) is 7.41. The van der Waals surface area contributed by atoms with E-state index in [4.69, 9.17) is 5.73 Å². The molecule has 1 aliphatic heterocycles. The first-order valence-corrected chi connectivity index (χ1v) is 8.84. The standard InChI is InChI=1S/C18H28N4O/c1-22-10-2-3-16(22)15-8-9-17(20-12-15)21-18(23)14-6-4-13(11-19)5-7-14/h8-9,12-14,16H,2-7,10-11,19H2,1H3,(H,20,21,23)/t13-,14-,16?. The monoisotopic (exact) mass is 316 g/mol. The molecule has 3 N–H and O–H groups in total. The molecule has 1 saturated carbocycles. The second-order valence-corrected chi connectivity index (χ2v) is 7.06. The van der Waals surface area contributed by atoms with Gasteiger partial charge in [-0.15, -0.1) is 0 Å². The molecule has 1 amide bonds. The summed E-state index contributed by atoms with van der Waals surface area (Å²) in [6, 6.07) is 4.50. The molecule has 23 heavy (non-hydrogen) atoms. The number of nitrogens with one attached hydrogen (secondary N) is 1. The average Bonchev–Trinajstić information content (AvgIpc) is 3.01. The van der Waals surface area contributed by atoms with E-state index >= 15 is 0 Å². The third-order valence-corrected chi connectivity index (χ3v) is 5.49. The van der Waals surface area contributed by atoms with Crippen molar-refractivity contribution >= 4 is 11.7 Å². The van der Waals surface area contributed by atoms with Gasteiger partial charge < -0.3 is 11.1 Å². The topological polar surface area (TPSA) is 71.2 Å². The zero-order chi connectivity index (χ0) is 16.2. The van der Waals surface area contributed by atoms with E-state index in [9.17, 15) is 4.79 Å². The van der Waals surface area contributed by atoms with E-state index in [1.807, 2.05) is 12.3 Å². The van der Waals surface area contributed by atoms with Gasteiger partial charge in [0.2, 0.25) is 5.91 Å². The lowest BCUT2D eigenvalue weighted by molar-refractivity contribution is -0.121. The molecule has 1 unspecified atom stereocenters. The molecule has 1 aromatic heterocycles. The van der Waals surface area contributed by atoms with Crippen molar-refractivity contribution in [2.24, 2.45) is 17.6 Å². The molecule has 126 valence electrons. The van der Waals surface area contributed by atoms with Crippen LogP contribution >= 0.6 is 0 Å². The quantitative estimate of drug-likeness (QED) is 0.895. The molecule has 1 aromatic rings. The minimum Gasteiger partial charge on any atom is -0.330 e.